The first-order valence-corrected chi connectivity index (χ1v) is 8.18. The lowest BCUT2D eigenvalue weighted by Crippen LogP contribution is -2.38. The fourth-order valence-corrected chi connectivity index (χ4v) is 2.60. The maximum absolute atomic E-state index is 13.8. The van der Waals surface area contributed by atoms with Crippen LogP contribution in [0.2, 0.25) is 0 Å². The molecule has 1 heterocycles. The van der Waals surface area contributed by atoms with Gasteiger partial charge in [0.25, 0.3) is 0 Å². The topological polar surface area (TPSA) is 105 Å². The fourth-order valence-electron chi connectivity index (χ4n) is 2.60. The molecule has 2 N–H and O–H groups in total. The van der Waals surface area contributed by atoms with Crippen molar-refractivity contribution in [2.45, 2.75) is 18.9 Å². The molecule has 27 heavy (non-hydrogen) atoms. The zero-order valence-corrected chi connectivity index (χ0v) is 14.1. The van der Waals surface area contributed by atoms with Crippen molar-refractivity contribution in [3.05, 3.63) is 71.9 Å². The minimum Gasteiger partial charge on any atom is -0.481 e. The Morgan fingerprint density at radius 3 is 2.52 bits per heavy atom. The monoisotopic (exact) mass is 369 g/mol. The molecule has 138 valence electrons. The van der Waals surface area contributed by atoms with Gasteiger partial charge in [0.1, 0.15) is 5.82 Å². The highest BCUT2D eigenvalue weighted by molar-refractivity contribution is 5.90. The van der Waals surface area contributed by atoms with E-state index >= 15 is 0 Å². The van der Waals surface area contributed by atoms with Crippen molar-refractivity contribution in [3.63, 3.8) is 0 Å². The third kappa shape index (κ3) is 4.75. The second kappa shape index (κ2) is 8.22. The molecule has 7 nitrogen and oxygen atoms in total. The molecule has 0 fully saturated rings. The van der Waals surface area contributed by atoms with E-state index in [9.17, 15) is 14.0 Å². The number of carbonyl (C=O) groups is 2. The summed E-state index contributed by atoms with van der Waals surface area (Å²) >= 11 is 0. The smallest absolute Gasteiger partial charge is 0.316 e. The van der Waals surface area contributed by atoms with Gasteiger partial charge in [0.05, 0.1) is 12.0 Å². The van der Waals surface area contributed by atoms with Gasteiger partial charge in [-0.2, -0.15) is 4.98 Å². The molecular weight excluding hydrogens is 353 g/mol. The summed E-state index contributed by atoms with van der Waals surface area (Å²) in [6.45, 7) is 0. The summed E-state index contributed by atoms with van der Waals surface area (Å²) in [5.74, 6) is -2.73. The number of nitrogens with zero attached hydrogens (tertiary/aromatic N) is 2. The van der Waals surface area contributed by atoms with E-state index in [1.807, 2.05) is 30.3 Å². The van der Waals surface area contributed by atoms with E-state index in [0.29, 0.717) is 6.42 Å². The zero-order valence-electron chi connectivity index (χ0n) is 14.1. The molecule has 0 spiro atoms. The highest BCUT2D eigenvalue weighted by Crippen LogP contribution is 2.19. The third-order valence-electron chi connectivity index (χ3n) is 3.82. The second-order valence-corrected chi connectivity index (χ2v) is 5.86. The number of amides is 1. The Hall–Kier alpha value is -3.55. The van der Waals surface area contributed by atoms with Gasteiger partial charge in [0.15, 0.2) is 0 Å². The van der Waals surface area contributed by atoms with Gasteiger partial charge in [0.2, 0.25) is 5.82 Å². The Balaban J connectivity index is 1.74. The van der Waals surface area contributed by atoms with Gasteiger partial charge in [0, 0.05) is 6.04 Å². The maximum Gasteiger partial charge on any atom is 0.316 e. The number of aromatic nitrogens is 2. The Morgan fingerprint density at radius 2 is 1.81 bits per heavy atom. The number of hydrogen-bond donors (Lipinski definition) is 2. The molecule has 0 aliphatic carbocycles. The van der Waals surface area contributed by atoms with Crippen LogP contribution in [0.15, 0.2) is 59.1 Å². The maximum atomic E-state index is 13.8. The lowest BCUT2D eigenvalue weighted by Gasteiger charge is -2.15. The van der Waals surface area contributed by atoms with Crippen molar-refractivity contribution in [2.24, 2.45) is 0 Å². The second-order valence-electron chi connectivity index (χ2n) is 5.86. The first kappa shape index (κ1) is 18.2. The van der Waals surface area contributed by atoms with E-state index in [2.05, 4.69) is 15.5 Å². The Kier molecular flexibility index (Phi) is 5.55. The summed E-state index contributed by atoms with van der Waals surface area (Å²) in [6, 6.07) is 14.3. The van der Waals surface area contributed by atoms with E-state index in [-0.39, 0.29) is 23.7 Å². The standard InChI is InChI=1S/C19H16FN3O4/c20-15-9-5-4-8-14(15)17-22-19(27-23-17)18(26)21-13(11-16(24)25)10-12-6-2-1-3-7-12/h1-9,13H,10-11H2,(H,21,26)(H,24,25). The van der Waals surface area contributed by atoms with Crippen LogP contribution in [0.1, 0.15) is 22.7 Å². The van der Waals surface area contributed by atoms with E-state index in [1.54, 1.807) is 6.07 Å². The van der Waals surface area contributed by atoms with Crippen LogP contribution in [-0.4, -0.2) is 33.2 Å². The van der Waals surface area contributed by atoms with Crippen molar-refractivity contribution in [1.82, 2.24) is 15.5 Å². The number of carbonyl (C=O) groups excluding carboxylic acids is 1. The Labute approximate surface area is 153 Å². The lowest BCUT2D eigenvalue weighted by molar-refractivity contribution is -0.137. The molecule has 1 amide bonds. The molecular formula is C19H16FN3O4. The van der Waals surface area contributed by atoms with Crippen LogP contribution >= 0.6 is 0 Å². The number of halogens is 1. The van der Waals surface area contributed by atoms with Crippen LogP contribution in [0.3, 0.4) is 0 Å². The van der Waals surface area contributed by atoms with Crippen LogP contribution in [0.4, 0.5) is 4.39 Å². The zero-order chi connectivity index (χ0) is 19.2. The molecule has 8 heteroatoms. The number of aliphatic carboxylic acids is 1. The van der Waals surface area contributed by atoms with Gasteiger partial charge in [-0.05, 0) is 24.1 Å². The number of carboxylic acids is 1. The minimum atomic E-state index is -1.05. The van der Waals surface area contributed by atoms with Crippen LogP contribution < -0.4 is 5.32 Å². The quantitative estimate of drug-likeness (QED) is 0.663. The normalized spacial score (nSPS) is 11.7. The molecule has 1 aromatic heterocycles. The fraction of sp³-hybridized carbons (Fsp3) is 0.158. The molecule has 0 bridgehead atoms. The molecule has 0 aliphatic rings. The molecule has 0 radical (unpaired) electrons. The lowest BCUT2D eigenvalue weighted by atomic mass is 10.0. The van der Waals surface area contributed by atoms with Crippen molar-refractivity contribution in [1.29, 1.82) is 0 Å². The van der Waals surface area contributed by atoms with E-state index < -0.39 is 23.7 Å². The predicted molar refractivity (Wildman–Crippen MR) is 93.3 cm³/mol. The Morgan fingerprint density at radius 1 is 1.11 bits per heavy atom. The third-order valence-corrected chi connectivity index (χ3v) is 3.82. The molecule has 0 saturated heterocycles. The number of nitrogens with one attached hydrogen (secondary N) is 1. The molecule has 0 saturated carbocycles. The minimum absolute atomic E-state index is 0.0592. The summed E-state index contributed by atoms with van der Waals surface area (Å²) in [5.41, 5.74) is 0.980. The molecule has 0 aliphatic heterocycles. The number of hydrogen-bond acceptors (Lipinski definition) is 5. The number of rotatable bonds is 7. The summed E-state index contributed by atoms with van der Waals surface area (Å²) < 4.78 is 18.7. The molecule has 2 aromatic carbocycles. The van der Waals surface area contributed by atoms with Gasteiger partial charge < -0.3 is 14.9 Å². The summed E-state index contributed by atoms with van der Waals surface area (Å²) in [6.07, 6.45) is 0.0577. The van der Waals surface area contributed by atoms with Crippen LogP contribution in [0, 0.1) is 5.82 Å². The molecule has 3 aromatic rings. The first-order chi connectivity index (χ1) is 13.0. The average molecular weight is 369 g/mol. The van der Waals surface area contributed by atoms with Crippen LogP contribution in [0.25, 0.3) is 11.4 Å². The molecule has 1 unspecified atom stereocenters. The predicted octanol–water partition coefficient (Wildman–Crippen LogP) is 2.69. The van der Waals surface area contributed by atoms with Crippen LogP contribution in [0.5, 0.6) is 0 Å². The van der Waals surface area contributed by atoms with E-state index in [0.717, 1.165) is 5.56 Å². The van der Waals surface area contributed by atoms with Crippen LogP contribution in [-0.2, 0) is 11.2 Å². The summed E-state index contributed by atoms with van der Waals surface area (Å²) in [5, 5.41) is 15.3. The van der Waals surface area contributed by atoms with Crippen molar-refractivity contribution in [3.8, 4) is 11.4 Å². The van der Waals surface area contributed by atoms with E-state index in [1.165, 1.54) is 18.2 Å². The van der Waals surface area contributed by atoms with Gasteiger partial charge in [-0.3, -0.25) is 9.59 Å². The highest BCUT2D eigenvalue weighted by atomic mass is 19.1. The SMILES string of the molecule is O=C(O)CC(Cc1ccccc1)NC(=O)c1nc(-c2ccccc2F)no1. The van der Waals surface area contributed by atoms with Crippen molar-refractivity contribution in [2.75, 3.05) is 0 Å². The average Bonchev–Trinajstić information content (AvgIpc) is 3.12. The largest absolute Gasteiger partial charge is 0.481 e. The number of carboxylic acid groups (broad SMARTS) is 1. The molecule has 3 rings (SSSR count). The first-order valence-electron chi connectivity index (χ1n) is 8.18. The summed E-state index contributed by atoms with van der Waals surface area (Å²) in [4.78, 5) is 27.4. The van der Waals surface area contributed by atoms with Gasteiger partial charge in [-0.15, -0.1) is 0 Å². The molecule has 1 atom stereocenters. The van der Waals surface area contributed by atoms with Gasteiger partial charge >= 0.3 is 17.8 Å². The van der Waals surface area contributed by atoms with Gasteiger partial charge in [-0.25, -0.2) is 4.39 Å². The van der Waals surface area contributed by atoms with Gasteiger partial charge in [-0.1, -0.05) is 47.6 Å². The van der Waals surface area contributed by atoms with Crippen molar-refractivity contribution < 1.29 is 23.6 Å². The van der Waals surface area contributed by atoms with E-state index in [4.69, 9.17) is 9.63 Å². The number of benzene rings is 2. The summed E-state index contributed by atoms with van der Waals surface area (Å²) in [7, 11) is 0. The Bertz CT molecular complexity index is 943. The highest BCUT2D eigenvalue weighted by Gasteiger charge is 2.22. The van der Waals surface area contributed by atoms with Crippen molar-refractivity contribution >= 4 is 11.9 Å².